The van der Waals surface area contributed by atoms with Gasteiger partial charge in [0.15, 0.2) is 0 Å². The van der Waals surface area contributed by atoms with Crippen LogP contribution in [0.15, 0.2) is 73.1 Å². The molecule has 2 aromatic heterocycles. The third-order valence-electron chi connectivity index (χ3n) is 7.50. The molecule has 0 unspecified atom stereocenters. The summed E-state index contributed by atoms with van der Waals surface area (Å²) < 4.78 is 17.7. The van der Waals surface area contributed by atoms with Gasteiger partial charge in [0.2, 0.25) is 11.9 Å². The van der Waals surface area contributed by atoms with Crippen LogP contribution in [0, 0.1) is 11.9 Å². The Hall–Kier alpha value is -4.77. The number of hydrogen-bond donors (Lipinski definition) is 3. The fraction of sp³-hybridized carbons (Fsp3) is 0.281. The highest BCUT2D eigenvalue weighted by molar-refractivity contribution is 6.04. The highest BCUT2D eigenvalue weighted by atomic mass is 35.5. The van der Waals surface area contributed by atoms with Crippen molar-refractivity contribution in [2.75, 3.05) is 19.0 Å². The van der Waals surface area contributed by atoms with Crippen LogP contribution in [-0.2, 0) is 9.53 Å². The number of rotatable bonds is 8. The minimum absolute atomic E-state index is 0. The van der Waals surface area contributed by atoms with Crippen LogP contribution in [0.4, 0.5) is 14.9 Å². The molecule has 0 aliphatic carbocycles. The van der Waals surface area contributed by atoms with Crippen molar-refractivity contribution in [2.45, 2.75) is 38.8 Å². The summed E-state index contributed by atoms with van der Waals surface area (Å²) in [6.07, 6.45) is 3.95. The van der Waals surface area contributed by atoms with E-state index in [-0.39, 0.29) is 41.7 Å². The van der Waals surface area contributed by atoms with Crippen LogP contribution < -0.4 is 10.6 Å². The van der Waals surface area contributed by atoms with E-state index in [0.29, 0.717) is 18.1 Å². The Bertz CT molecular complexity index is 1590. The average Bonchev–Trinajstić information content (AvgIpc) is 3.70. The molecule has 0 radical (unpaired) electrons. The predicted molar refractivity (Wildman–Crippen MR) is 167 cm³/mol. The second kappa shape index (κ2) is 14.1. The molecule has 0 spiro atoms. The molecule has 1 aliphatic heterocycles. The van der Waals surface area contributed by atoms with Crippen molar-refractivity contribution in [1.29, 1.82) is 0 Å². The maximum absolute atomic E-state index is 13.4. The largest absolute Gasteiger partial charge is 0.453 e. The van der Waals surface area contributed by atoms with E-state index in [1.165, 1.54) is 19.4 Å². The number of nitrogens with zero attached hydrogens (tertiary/aromatic N) is 3. The molecule has 3 N–H and O–H groups in total. The van der Waals surface area contributed by atoms with Gasteiger partial charge in [-0.15, -0.1) is 12.4 Å². The van der Waals surface area contributed by atoms with Crippen LogP contribution in [0.2, 0.25) is 0 Å². The Morgan fingerprint density at radius 1 is 0.955 bits per heavy atom. The second-order valence-corrected chi connectivity index (χ2v) is 10.7. The van der Waals surface area contributed by atoms with E-state index in [9.17, 15) is 18.8 Å². The molecular formula is C32H34ClFN6O4. The maximum atomic E-state index is 13.4. The van der Waals surface area contributed by atoms with Crippen LogP contribution in [0.3, 0.4) is 0 Å². The first kappa shape index (κ1) is 32.2. The Morgan fingerprint density at radius 3 is 2.23 bits per heavy atom. The molecule has 44 heavy (non-hydrogen) atoms. The van der Waals surface area contributed by atoms with Crippen molar-refractivity contribution in [1.82, 2.24) is 25.2 Å². The Kier molecular flexibility index (Phi) is 10.3. The lowest BCUT2D eigenvalue weighted by Gasteiger charge is -2.30. The summed E-state index contributed by atoms with van der Waals surface area (Å²) in [5.74, 6) is -0.556. The molecule has 1 aliphatic rings. The topological polar surface area (TPSA) is 129 Å². The normalized spacial score (nSPS) is 14.9. The van der Waals surface area contributed by atoms with Gasteiger partial charge in [-0.25, -0.2) is 14.8 Å². The lowest BCUT2D eigenvalue weighted by molar-refractivity contribution is -0.135. The number of alkyl carbamates (subject to hydrolysis) is 1. The van der Waals surface area contributed by atoms with Gasteiger partial charge in [0, 0.05) is 18.4 Å². The first-order valence-electron chi connectivity index (χ1n) is 14.1. The van der Waals surface area contributed by atoms with Gasteiger partial charge in [-0.1, -0.05) is 50.2 Å². The zero-order valence-corrected chi connectivity index (χ0v) is 25.4. The van der Waals surface area contributed by atoms with E-state index in [4.69, 9.17) is 4.74 Å². The van der Waals surface area contributed by atoms with E-state index in [2.05, 4.69) is 25.6 Å². The molecule has 0 saturated carbocycles. The van der Waals surface area contributed by atoms with Gasteiger partial charge in [0.05, 0.1) is 30.6 Å². The lowest BCUT2D eigenvalue weighted by atomic mass is 10.0. The molecule has 0 bridgehead atoms. The van der Waals surface area contributed by atoms with Crippen LogP contribution in [0.25, 0.3) is 22.4 Å². The van der Waals surface area contributed by atoms with Gasteiger partial charge >= 0.3 is 6.09 Å². The summed E-state index contributed by atoms with van der Waals surface area (Å²) in [6, 6.07) is 17.1. The summed E-state index contributed by atoms with van der Waals surface area (Å²) in [7, 11) is 1.28. The van der Waals surface area contributed by atoms with E-state index in [0.717, 1.165) is 41.3 Å². The van der Waals surface area contributed by atoms with Crippen molar-refractivity contribution < 1.29 is 23.5 Å². The molecular weight excluding hydrogens is 587 g/mol. The number of likely N-dealkylation sites (tertiary alicyclic amines) is 1. The number of imidazole rings is 1. The predicted octanol–water partition coefficient (Wildman–Crippen LogP) is 6.00. The number of methoxy groups -OCH3 is 1. The van der Waals surface area contributed by atoms with Crippen molar-refractivity contribution in [2.24, 2.45) is 5.92 Å². The van der Waals surface area contributed by atoms with Gasteiger partial charge in [0.25, 0.3) is 5.91 Å². The monoisotopic (exact) mass is 620 g/mol. The smallest absolute Gasteiger partial charge is 0.407 e. The first-order chi connectivity index (χ1) is 20.7. The third-order valence-corrected chi connectivity index (χ3v) is 7.50. The summed E-state index contributed by atoms with van der Waals surface area (Å²) in [4.78, 5) is 50.9. The Labute approximate surface area is 260 Å². The Balaban J connectivity index is 0.00000442. The average molecular weight is 621 g/mol. The number of hydrogen-bond acceptors (Lipinski definition) is 6. The van der Waals surface area contributed by atoms with Gasteiger partial charge in [0.1, 0.15) is 11.9 Å². The molecule has 2 atom stereocenters. The van der Waals surface area contributed by atoms with Crippen molar-refractivity contribution >= 4 is 36.0 Å². The number of pyridine rings is 1. The number of H-pyrrole nitrogens is 1. The minimum atomic E-state index is -0.688. The number of anilines is 1. The molecule has 3 heterocycles. The third kappa shape index (κ3) is 7.23. The molecule has 1 saturated heterocycles. The summed E-state index contributed by atoms with van der Waals surface area (Å²) in [5.41, 5.74) is 4.63. The number of halogens is 2. The number of ether oxygens (including phenoxy) is 1. The summed E-state index contributed by atoms with van der Waals surface area (Å²) >= 11 is 0. The summed E-state index contributed by atoms with van der Waals surface area (Å²) in [5, 5.41) is 5.45. The van der Waals surface area contributed by atoms with E-state index >= 15 is 0 Å². The number of aromatic amines is 1. The second-order valence-electron chi connectivity index (χ2n) is 10.7. The Morgan fingerprint density at radius 2 is 1.61 bits per heavy atom. The molecule has 2 aromatic carbocycles. The number of amides is 3. The van der Waals surface area contributed by atoms with Gasteiger partial charge in [-0.2, -0.15) is 4.39 Å². The molecule has 5 rings (SSSR count). The maximum Gasteiger partial charge on any atom is 0.407 e. The number of nitrogens with one attached hydrogen (secondary N) is 3. The van der Waals surface area contributed by atoms with Crippen LogP contribution >= 0.6 is 12.4 Å². The fourth-order valence-corrected chi connectivity index (χ4v) is 5.15. The number of aromatic nitrogens is 3. The number of carbonyl (C=O) groups is 3. The zero-order valence-electron chi connectivity index (χ0n) is 24.5. The number of benzene rings is 2. The van der Waals surface area contributed by atoms with Crippen molar-refractivity contribution in [3.05, 3.63) is 90.4 Å². The van der Waals surface area contributed by atoms with E-state index < -0.39 is 18.1 Å². The van der Waals surface area contributed by atoms with Crippen molar-refractivity contribution in [3.63, 3.8) is 0 Å². The SMILES string of the molecule is COC(=O)N[C@H](C(=O)N1CCC[C@H]1c1ncc(-c2ccc(-c3ccc(NC(=O)c4ccc(F)nc4)cc3)cc2)[nH]1)C(C)C.Cl. The van der Waals surface area contributed by atoms with Gasteiger partial charge in [-0.3, -0.25) is 9.59 Å². The molecule has 230 valence electrons. The highest BCUT2D eigenvalue weighted by Gasteiger charge is 2.37. The first-order valence-corrected chi connectivity index (χ1v) is 14.1. The summed E-state index contributed by atoms with van der Waals surface area (Å²) in [6.45, 7) is 4.36. The molecule has 12 heteroatoms. The van der Waals surface area contributed by atoms with Crippen molar-refractivity contribution in [3.8, 4) is 22.4 Å². The quantitative estimate of drug-likeness (QED) is 0.207. The lowest BCUT2D eigenvalue weighted by Crippen LogP contribution is -2.51. The highest BCUT2D eigenvalue weighted by Crippen LogP contribution is 2.33. The van der Waals surface area contributed by atoms with Gasteiger partial charge < -0.3 is 25.3 Å². The zero-order chi connectivity index (χ0) is 30.5. The van der Waals surface area contributed by atoms with E-state index in [1.807, 2.05) is 50.2 Å². The molecule has 3 amide bonds. The van der Waals surface area contributed by atoms with Gasteiger partial charge in [-0.05, 0) is 59.7 Å². The van der Waals surface area contributed by atoms with E-state index in [1.54, 1.807) is 23.2 Å². The molecule has 10 nitrogen and oxygen atoms in total. The van der Waals surface area contributed by atoms with Crippen LogP contribution in [-0.4, -0.2) is 57.5 Å². The molecule has 4 aromatic rings. The minimum Gasteiger partial charge on any atom is -0.453 e. The number of carbonyl (C=O) groups excluding carboxylic acids is 3. The fourth-order valence-electron chi connectivity index (χ4n) is 5.15. The molecule has 1 fully saturated rings. The standard InChI is InChI=1S/C32H33FN6O4.ClH/c1-19(2)28(38-32(42)43-3)31(41)39-16-4-5-26(39)29-35-18-25(37-29)22-8-6-20(7-9-22)21-10-13-24(14-11-21)36-30(40)23-12-15-27(33)34-17-23;/h6-15,17-19,26,28H,4-5,16H2,1-3H3,(H,35,37)(H,36,40)(H,38,42);1H/t26-,28-;/m0./s1. The van der Waals surface area contributed by atoms with Crippen LogP contribution in [0.1, 0.15) is 48.9 Å². The van der Waals surface area contributed by atoms with Crippen LogP contribution in [0.5, 0.6) is 0 Å².